The van der Waals surface area contributed by atoms with Crippen LogP contribution in [0.4, 0.5) is 9.18 Å². The molecule has 0 aliphatic carbocycles. The van der Waals surface area contributed by atoms with Crippen LogP contribution in [0.3, 0.4) is 0 Å². The molecule has 0 atom stereocenters. The third-order valence-electron chi connectivity index (χ3n) is 2.50. The molecule has 2 aromatic heterocycles. The lowest BCUT2D eigenvalue weighted by atomic mass is 10.3. The molecule has 2 aromatic rings. The first kappa shape index (κ1) is 14.0. The summed E-state index contributed by atoms with van der Waals surface area (Å²) in [5.41, 5.74) is 0.764. The van der Waals surface area contributed by atoms with E-state index in [2.05, 4.69) is 15.4 Å². The molecule has 2 rings (SSSR count). The molecule has 0 saturated heterocycles. The molecule has 1 N–H and O–H groups in total. The number of amides is 1. The molecule has 20 heavy (non-hydrogen) atoms. The fraction of sp³-hybridized carbons (Fsp3) is 0.308. The molecule has 0 spiro atoms. The van der Waals surface area contributed by atoms with Gasteiger partial charge in [-0.2, -0.15) is 5.10 Å². The summed E-state index contributed by atoms with van der Waals surface area (Å²) in [6.07, 6.45) is 2.93. The molecular weight excluding hydrogens is 263 g/mol. The van der Waals surface area contributed by atoms with Crippen molar-refractivity contribution in [3.05, 3.63) is 42.1 Å². The molecule has 1 amide bonds. The summed E-state index contributed by atoms with van der Waals surface area (Å²) in [7, 11) is 0. The Kier molecular flexibility index (Phi) is 4.65. The lowest BCUT2D eigenvalue weighted by Crippen LogP contribution is -2.24. The van der Waals surface area contributed by atoms with E-state index in [4.69, 9.17) is 4.74 Å². The van der Waals surface area contributed by atoms with E-state index < -0.39 is 11.9 Å². The van der Waals surface area contributed by atoms with E-state index in [9.17, 15) is 9.18 Å². The summed E-state index contributed by atoms with van der Waals surface area (Å²) in [6.45, 7) is 2.60. The zero-order valence-corrected chi connectivity index (χ0v) is 11.0. The fourth-order valence-corrected chi connectivity index (χ4v) is 1.57. The number of alkyl carbamates (subject to hydrolysis) is 1. The summed E-state index contributed by atoms with van der Waals surface area (Å²) in [6, 6.07) is 4.66. The number of carbonyl (C=O) groups is 1. The van der Waals surface area contributed by atoms with Gasteiger partial charge < -0.3 is 10.1 Å². The maximum atomic E-state index is 12.8. The van der Waals surface area contributed by atoms with Crippen LogP contribution in [0.1, 0.15) is 12.6 Å². The number of ether oxygens (including phenoxy) is 1. The third-order valence-corrected chi connectivity index (χ3v) is 2.50. The molecule has 2 heterocycles. The molecule has 0 radical (unpaired) electrons. The van der Waals surface area contributed by atoms with Crippen LogP contribution >= 0.6 is 0 Å². The van der Waals surface area contributed by atoms with Crippen LogP contribution in [0, 0.1) is 5.82 Å². The van der Waals surface area contributed by atoms with Gasteiger partial charge in [-0.3, -0.25) is 0 Å². The van der Waals surface area contributed by atoms with E-state index in [1.165, 1.54) is 12.1 Å². The standard InChI is InChI=1S/C13H15FN4O2/c1-2-15-13(19)20-8-6-11-5-7-18(17-11)12-4-3-10(14)9-16-12/h3-5,7,9H,2,6,8H2,1H3,(H,15,19). The Hall–Kier alpha value is -2.44. The number of hydrogen-bond donors (Lipinski definition) is 1. The Bertz CT molecular complexity index is 568. The topological polar surface area (TPSA) is 69.0 Å². The lowest BCUT2D eigenvalue weighted by Gasteiger charge is -2.03. The highest BCUT2D eigenvalue weighted by molar-refractivity contribution is 5.66. The first-order valence-electron chi connectivity index (χ1n) is 6.26. The Labute approximate surface area is 115 Å². The van der Waals surface area contributed by atoms with Gasteiger partial charge in [0.2, 0.25) is 0 Å². The normalized spacial score (nSPS) is 10.3. The van der Waals surface area contributed by atoms with Gasteiger partial charge in [0.05, 0.1) is 18.5 Å². The van der Waals surface area contributed by atoms with E-state index in [0.29, 0.717) is 18.8 Å². The lowest BCUT2D eigenvalue weighted by molar-refractivity contribution is 0.148. The number of hydrogen-bond acceptors (Lipinski definition) is 4. The van der Waals surface area contributed by atoms with Crippen molar-refractivity contribution in [1.29, 1.82) is 0 Å². The molecule has 0 aromatic carbocycles. The van der Waals surface area contributed by atoms with Gasteiger partial charge in [0.25, 0.3) is 0 Å². The zero-order valence-electron chi connectivity index (χ0n) is 11.0. The molecule has 6 nitrogen and oxygen atoms in total. The van der Waals surface area contributed by atoms with E-state index in [-0.39, 0.29) is 6.61 Å². The molecular formula is C13H15FN4O2. The quantitative estimate of drug-likeness (QED) is 0.903. The SMILES string of the molecule is CCNC(=O)OCCc1ccn(-c2ccc(F)cn2)n1. The predicted molar refractivity (Wildman–Crippen MR) is 70.0 cm³/mol. The zero-order chi connectivity index (χ0) is 14.4. The van der Waals surface area contributed by atoms with Gasteiger partial charge in [-0.1, -0.05) is 0 Å². The minimum Gasteiger partial charge on any atom is -0.449 e. The first-order valence-corrected chi connectivity index (χ1v) is 6.26. The van der Waals surface area contributed by atoms with E-state index in [0.717, 1.165) is 11.9 Å². The van der Waals surface area contributed by atoms with Crippen LogP contribution in [-0.2, 0) is 11.2 Å². The Morgan fingerprint density at radius 3 is 3.00 bits per heavy atom. The van der Waals surface area contributed by atoms with Crippen molar-refractivity contribution in [3.63, 3.8) is 0 Å². The first-order chi connectivity index (χ1) is 9.69. The predicted octanol–water partition coefficient (Wildman–Crippen LogP) is 1.70. The summed E-state index contributed by atoms with van der Waals surface area (Å²) in [5.74, 6) is 0.138. The Morgan fingerprint density at radius 1 is 1.45 bits per heavy atom. The fourth-order valence-electron chi connectivity index (χ4n) is 1.57. The van der Waals surface area contributed by atoms with Gasteiger partial charge in [0.1, 0.15) is 5.82 Å². The highest BCUT2D eigenvalue weighted by atomic mass is 19.1. The summed E-state index contributed by atoms with van der Waals surface area (Å²) in [5, 5.41) is 6.81. The van der Waals surface area contributed by atoms with Gasteiger partial charge >= 0.3 is 6.09 Å². The average Bonchev–Trinajstić information content (AvgIpc) is 2.89. The molecule has 0 bridgehead atoms. The van der Waals surface area contributed by atoms with E-state index in [1.807, 2.05) is 6.92 Å². The van der Waals surface area contributed by atoms with Gasteiger partial charge in [-0.25, -0.2) is 18.9 Å². The van der Waals surface area contributed by atoms with Crippen LogP contribution in [0.5, 0.6) is 0 Å². The molecule has 0 saturated carbocycles. The van der Waals surface area contributed by atoms with Crippen molar-refractivity contribution >= 4 is 6.09 Å². The summed E-state index contributed by atoms with van der Waals surface area (Å²) >= 11 is 0. The second kappa shape index (κ2) is 6.65. The van der Waals surface area contributed by atoms with Gasteiger partial charge in [-0.15, -0.1) is 0 Å². The van der Waals surface area contributed by atoms with Crippen LogP contribution in [0.15, 0.2) is 30.6 Å². The number of halogens is 1. The van der Waals surface area contributed by atoms with Gasteiger partial charge in [0, 0.05) is 19.2 Å². The molecule has 7 heteroatoms. The second-order valence-corrected chi connectivity index (χ2v) is 4.00. The third kappa shape index (κ3) is 3.78. The molecule has 0 aliphatic rings. The highest BCUT2D eigenvalue weighted by Crippen LogP contribution is 2.06. The van der Waals surface area contributed by atoms with Crippen LogP contribution in [-0.4, -0.2) is 34.0 Å². The molecule has 0 unspecified atom stereocenters. The molecule has 0 aliphatic heterocycles. The average molecular weight is 278 g/mol. The minimum atomic E-state index is -0.438. The molecule has 0 fully saturated rings. The van der Waals surface area contributed by atoms with Crippen LogP contribution in [0.2, 0.25) is 0 Å². The van der Waals surface area contributed by atoms with Crippen molar-refractivity contribution in [3.8, 4) is 5.82 Å². The van der Waals surface area contributed by atoms with Crippen molar-refractivity contribution in [1.82, 2.24) is 20.1 Å². The number of aromatic nitrogens is 3. The van der Waals surface area contributed by atoms with Crippen LogP contribution < -0.4 is 5.32 Å². The van der Waals surface area contributed by atoms with Crippen molar-refractivity contribution in [2.45, 2.75) is 13.3 Å². The largest absolute Gasteiger partial charge is 0.449 e. The number of carbonyl (C=O) groups excluding carboxylic acids is 1. The monoisotopic (exact) mass is 278 g/mol. The van der Waals surface area contributed by atoms with Gasteiger partial charge in [0.15, 0.2) is 5.82 Å². The van der Waals surface area contributed by atoms with Crippen molar-refractivity contribution < 1.29 is 13.9 Å². The second-order valence-electron chi connectivity index (χ2n) is 4.00. The van der Waals surface area contributed by atoms with E-state index >= 15 is 0 Å². The highest BCUT2D eigenvalue weighted by Gasteiger charge is 2.04. The summed E-state index contributed by atoms with van der Waals surface area (Å²) in [4.78, 5) is 15.0. The van der Waals surface area contributed by atoms with Crippen molar-refractivity contribution in [2.75, 3.05) is 13.2 Å². The van der Waals surface area contributed by atoms with Gasteiger partial charge in [-0.05, 0) is 25.1 Å². The Balaban J connectivity index is 1.89. The minimum absolute atomic E-state index is 0.250. The maximum Gasteiger partial charge on any atom is 0.407 e. The van der Waals surface area contributed by atoms with Crippen LogP contribution in [0.25, 0.3) is 5.82 Å². The number of nitrogens with zero attached hydrogens (tertiary/aromatic N) is 3. The molecule has 106 valence electrons. The van der Waals surface area contributed by atoms with E-state index in [1.54, 1.807) is 16.9 Å². The summed E-state index contributed by atoms with van der Waals surface area (Å²) < 4.78 is 19.3. The number of rotatable bonds is 5. The maximum absolute atomic E-state index is 12.8. The number of nitrogens with one attached hydrogen (secondary N) is 1. The number of pyridine rings is 1. The van der Waals surface area contributed by atoms with Crippen molar-refractivity contribution in [2.24, 2.45) is 0 Å². The smallest absolute Gasteiger partial charge is 0.407 e. The Morgan fingerprint density at radius 2 is 2.30 bits per heavy atom.